The van der Waals surface area contributed by atoms with Crippen LogP contribution in [0.1, 0.15) is 26.7 Å². The number of amides is 1. The molecular weight excluding hydrogens is 394 g/mol. The zero-order chi connectivity index (χ0) is 19.1. The Labute approximate surface area is 168 Å². The average Bonchev–Trinajstić information content (AvgIpc) is 2.62. The zero-order valence-electron chi connectivity index (χ0n) is 14.7. The molecule has 1 aliphatic heterocycles. The maximum absolute atomic E-state index is 12.0. The minimum atomic E-state index is -0.926. The van der Waals surface area contributed by atoms with Crippen LogP contribution >= 0.6 is 35.6 Å². The molecule has 6 nitrogen and oxygen atoms in total. The molecule has 1 atom stereocenters. The van der Waals surface area contributed by atoms with E-state index >= 15 is 0 Å². The van der Waals surface area contributed by atoms with Crippen molar-refractivity contribution in [2.75, 3.05) is 24.2 Å². The van der Waals surface area contributed by atoms with Crippen molar-refractivity contribution in [2.45, 2.75) is 32.8 Å². The summed E-state index contributed by atoms with van der Waals surface area (Å²) in [6.45, 7) is 5.60. The number of aromatic nitrogens is 1. The summed E-state index contributed by atoms with van der Waals surface area (Å²) in [7, 11) is 0. The third-order valence-corrected chi connectivity index (χ3v) is 5.73. The van der Waals surface area contributed by atoms with Gasteiger partial charge in [0.15, 0.2) is 6.10 Å². The van der Waals surface area contributed by atoms with Crippen LogP contribution in [0.2, 0.25) is 5.02 Å². The summed E-state index contributed by atoms with van der Waals surface area (Å²) in [6.07, 6.45) is 2.72. The molecule has 26 heavy (non-hydrogen) atoms. The second-order valence-electron chi connectivity index (χ2n) is 6.21. The van der Waals surface area contributed by atoms with Gasteiger partial charge in [-0.25, -0.2) is 4.98 Å². The molecule has 0 aliphatic carbocycles. The Hall–Kier alpha value is -1.38. The summed E-state index contributed by atoms with van der Waals surface area (Å²) in [6, 6.07) is 3.18. The first-order valence-electron chi connectivity index (χ1n) is 8.38. The molecule has 1 amide bonds. The van der Waals surface area contributed by atoms with Crippen LogP contribution in [0.15, 0.2) is 18.3 Å². The Morgan fingerprint density at radius 2 is 2.15 bits per heavy atom. The van der Waals surface area contributed by atoms with E-state index in [-0.39, 0.29) is 5.75 Å². The number of hydrogen-bond donors (Lipinski definition) is 1. The van der Waals surface area contributed by atoms with Gasteiger partial charge in [0.1, 0.15) is 10.1 Å². The van der Waals surface area contributed by atoms with Crippen LogP contribution in [-0.2, 0) is 14.3 Å². The molecule has 1 aromatic heterocycles. The Balaban J connectivity index is 1.71. The first-order chi connectivity index (χ1) is 12.3. The van der Waals surface area contributed by atoms with Crippen LogP contribution in [0.25, 0.3) is 0 Å². The Morgan fingerprint density at radius 3 is 2.77 bits per heavy atom. The van der Waals surface area contributed by atoms with Crippen molar-refractivity contribution in [1.82, 2.24) is 9.88 Å². The highest BCUT2D eigenvalue weighted by Gasteiger charge is 2.21. The van der Waals surface area contributed by atoms with Gasteiger partial charge >= 0.3 is 5.97 Å². The lowest BCUT2D eigenvalue weighted by Crippen LogP contribution is -2.36. The monoisotopic (exact) mass is 415 g/mol. The van der Waals surface area contributed by atoms with Gasteiger partial charge in [-0.15, -0.1) is 0 Å². The Morgan fingerprint density at radius 1 is 1.46 bits per heavy atom. The molecule has 0 aromatic carbocycles. The molecule has 0 saturated carbocycles. The first-order valence-corrected chi connectivity index (χ1v) is 10.2. The molecule has 1 saturated heterocycles. The SMILES string of the molecule is CC1CCN(C(=S)SCC(=O)O[C@@H](C)C(=O)Nc2ccc(Cl)cn2)CC1. The van der Waals surface area contributed by atoms with E-state index in [1.807, 2.05) is 0 Å². The van der Waals surface area contributed by atoms with E-state index in [4.69, 9.17) is 28.6 Å². The van der Waals surface area contributed by atoms with E-state index < -0.39 is 18.0 Å². The predicted molar refractivity (Wildman–Crippen MR) is 108 cm³/mol. The highest BCUT2D eigenvalue weighted by atomic mass is 35.5. The summed E-state index contributed by atoms with van der Waals surface area (Å²) < 4.78 is 5.86. The molecule has 1 aromatic rings. The molecular formula is C17H22ClN3O3S2. The average molecular weight is 416 g/mol. The fourth-order valence-corrected chi connectivity index (χ4v) is 3.51. The van der Waals surface area contributed by atoms with E-state index in [1.165, 1.54) is 24.9 Å². The largest absolute Gasteiger partial charge is 0.452 e. The lowest BCUT2D eigenvalue weighted by Gasteiger charge is -2.31. The number of piperidine rings is 1. The molecule has 2 heterocycles. The second-order valence-corrected chi connectivity index (χ2v) is 8.25. The third kappa shape index (κ3) is 6.74. The molecule has 0 radical (unpaired) electrons. The molecule has 2 rings (SSSR count). The number of likely N-dealkylation sites (tertiary alicyclic amines) is 1. The molecule has 0 spiro atoms. The number of carbonyl (C=O) groups excluding carboxylic acids is 2. The number of rotatable bonds is 5. The van der Waals surface area contributed by atoms with Crippen LogP contribution in [-0.4, -0.2) is 51.0 Å². The van der Waals surface area contributed by atoms with Crippen LogP contribution in [0.4, 0.5) is 5.82 Å². The van der Waals surface area contributed by atoms with E-state index in [1.54, 1.807) is 12.1 Å². The molecule has 1 fully saturated rings. The highest BCUT2D eigenvalue weighted by molar-refractivity contribution is 8.23. The molecule has 1 N–H and O–H groups in total. The molecule has 9 heteroatoms. The number of thioether (sulfide) groups is 1. The predicted octanol–water partition coefficient (Wildman–Crippen LogP) is 3.36. The van der Waals surface area contributed by atoms with Crippen molar-refractivity contribution in [3.8, 4) is 0 Å². The number of carbonyl (C=O) groups is 2. The lowest BCUT2D eigenvalue weighted by molar-refractivity contribution is -0.150. The van der Waals surface area contributed by atoms with E-state index in [2.05, 4.69) is 22.1 Å². The summed E-state index contributed by atoms with van der Waals surface area (Å²) >= 11 is 12.4. The lowest BCUT2D eigenvalue weighted by atomic mass is 10.00. The number of thiocarbonyl (C=S) groups is 1. The van der Waals surface area contributed by atoms with Gasteiger partial charge in [0.05, 0.1) is 10.8 Å². The smallest absolute Gasteiger partial charge is 0.317 e. The van der Waals surface area contributed by atoms with Gasteiger partial charge in [-0.1, -0.05) is 42.5 Å². The maximum atomic E-state index is 12.0. The summed E-state index contributed by atoms with van der Waals surface area (Å²) in [5, 5.41) is 3.04. The number of hydrogen-bond acceptors (Lipinski definition) is 6. The summed E-state index contributed by atoms with van der Waals surface area (Å²) in [4.78, 5) is 30.1. The van der Waals surface area contributed by atoms with Crippen molar-refractivity contribution in [2.24, 2.45) is 5.92 Å². The van der Waals surface area contributed by atoms with Crippen molar-refractivity contribution in [3.63, 3.8) is 0 Å². The second kappa shape index (κ2) is 10.1. The van der Waals surface area contributed by atoms with Gasteiger partial charge in [-0.05, 0) is 37.8 Å². The van der Waals surface area contributed by atoms with Gasteiger partial charge in [0.25, 0.3) is 5.91 Å². The number of nitrogens with zero attached hydrogens (tertiary/aromatic N) is 2. The van der Waals surface area contributed by atoms with Crippen LogP contribution in [0.3, 0.4) is 0 Å². The fourth-order valence-electron chi connectivity index (χ4n) is 2.37. The van der Waals surface area contributed by atoms with Gasteiger partial charge in [0.2, 0.25) is 0 Å². The zero-order valence-corrected chi connectivity index (χ0v) is 17.1. The van der Waals surface area contributed by atoms with Gasteiger partial charge in [0, 0.05) is 19.3 Å². The molecule has 1 aliphatic rings. The maximum Gasteiger partial charge on any atom is 0.317 e. The topological polar surface area (TPSA) is 71.5 Å². The van der Waals surface area contributed by atoms with E-state index in [0.717, 1.165) is 31.8 Å². The number of esters is 1. The van der Waals surface area contributed by atoms with Gasteiger partial charge < -0.3 is 15.0 Å². The van der Waals surface area contributed by atoms with Crippen molar-refractivity contribution < 1.29 is 14.3 Å². The van der Waals surface area contributed by atoms with Crippen LogP contribution in [0.5, 0.6) is 0 Å². The van der Waals surface area contributed by atoms with Gasteiger partial charge in [-0.2, -0.15) is 0 Å². The number of nitrogens with one attached hydrogen (secondary N) is 1. The number of ether oxygens (including phenoxy) is 1. The summed E-state index contributed by atoms with van der Waals surface area (Å²) in [5.74, 6) is 0.220. The Kier molecular flexibility index (Phi) is 8.12. The molecule has 0 unspecified atom stereocenters. The van der Waals surface area contributed by atoms with Crippen LogP contribution in [0, 0.1) is 5.92 Å². The Bertz CT molecular complexity index is 649. The van der Waals surface area contributed by atoms with Crippen LogP contribution < -0.4 is 5.32 Å². The van der Waals surface area contributed by atoms with E-state index in [9.17, 15) is 9.59 Å². The molecule has 142 valence electrons. The van der Waals surface area contributed by atoms with Crippen molar-refractivity contribution >= 4 is 57.6 Å². The highest BCUT2D eigenvalue weighted by Crippen LogP contribution is 2.20. The number of halogens is 1. The minimum Gasteiger partial charge on any atom is -0.452 e. The minimum absolute atomic E-state index is 0.0850. The standard InChI is InChI=1S/C17H22ClN3O3S2/c1-11-5-7-21(8-6-11)17(25)26-10-15(22)24-12(2)16(23)20-14-4-3-13(18)9-19-14/h3-4,9,11-12H,5-8,10H2,1-2H3,(H,19,20,23)/t12-/m0/s1. The summed E-state index contributed by atoms with van der Waals surface area (Å²) in [5.41, 5.74) is 0. The molecule has 0 bridgehead atoms. The normalized spacial score (nSPS) is 16.0. The van der Waals surface area contributed by atoms with Gasteiger partial charge in [-0.3, -0.25) is 9.59 Å². The van der Waals surface area contributed by atoms with Crippen molar-refractivity contribution in [1.29, 1.82) is 0 Å². The van der Waals surface area contributed by atoms with E-state index in [0.29, 0.717) is 15.2 Å². The van der Waals surface area contributed by atoms with Crippen molar-refractivity contribution in [3.05, 3.63) is 23.4 Å². The number of anilines is 1. The third-order valence-electron chi connectivity index (χ3n) is 4.01. The number of pyridine rings is 1. The first kappa shape index (κ1) is 20.9. The fraction of sp³-hybridized carbons (Fsp3) is 0.529. The quantitative estimate of drug-likeness (QED) is 0.584.